The largest absolute Gasteiger partial charge is 0.756 e. The highest BCUT2D eigenvalue weighted by Gasteiger charge is 2.23. The molecule has 0 aromatic carbocycles. The van der Waals surface area contributed by atoms with Crippen molar-refractivity contribution in [1.82, 2.24) is 5.32 Å². The monoisotopic (exact) mass is 1040 g/mol. The van der Waals surface area contributed by atoms with Crippen LogP contribution in [0.25, 0.3) is 0 Å². The Balaban J connectivity index is 3.89. The highest BCUT2D eigenvalue weighted by Crippen LogP contribution is 2.38. The van der Waals surface area contributed by atoms with Gasteiger partial charge < -0.3 is 28.8 Å². The number of carbonyl (C=O) groups excluding carboxylic acids is 1. The molecule has 0 rings (SSSR count). The maximum atomic E-state index is 12.9. The van der Waals surface area contributed by atoms with Gasteiger partial charge in [0.1, 0.15) is 13.2 Å². The predicted molar refractivity (Wildman–Crippen MR) is 316 cm³/mol. The van der Waals surface area contributed by atoms with E-state index in [9.17, 15) is 19.4 Å². The van der Waals surface area contributed by atoms with Gasteiger partial charge in [0.05, 0.1) is 39.9 Å². The van der Waals surface area contributed by atoms with E-state index in [0.717, 1.165) is 64.2 Å². The Labute approximate surface area is 453 Å². The number of hydrogen-bond acceptors (Lipinski definition) is 6. The van der Waals surface area contributed by atoms with Crippen LogP contribution in [-0.2, 0) is 18.4 Å². The van der Waals surface area contributed by atoms with Crippen molar-refractivity contribution in [3.63, 3.8) is 0 Å². The number of hydrogen-bond donors (Lipinski definition) is 2. The van der Waals surface area contributed by atoms with Gasteiger partial charge in [-0.2, -0.15) is 0 Å². The number of rotatable bonds is 56. The minimum absolute atomic E-state index is 0.00978. The number of aliphatic hydroxyl groups excluding tert-OH is 1. The molecule has 0 heterocycles. The normalized spacial score (nSPS) is 14.3. The molecule has 0 aromatic rings. The number of nitrogens with zero attached hydrogens (tertiary/aromatic N) is 1. The van der Waals surface area contributed by atoms with Crippen LogP contribution in [0.1, 0.15) is 277 Å². The number of aliphatic hydroxyl groups is 1. The Morgan fingerprint density at radius 2 is 0.822 bits per heavy atom. The van der Waals surface area contributed by atoms with Crippen molar-refractivity contribution >= 4 is 13.7 Å². The number of likely N-dealkylation sites (N-methyl/N-ethyl adjacent to an activating group) is 1. The first-order valence-electron chi connectivity index (χ1n) is 30.8. The minimum atomic E-state index is -4.60. The fourth-order valence-electron chi connectivity index (χ4n) is 8.77. The zero-order chi connectivity index (χ0) is 53.5. The molecule has 2 N–H and O–H groups in total. The number of amides is 1. The summed E-state index contributed by atoms with van der Waals surface area (Å²) >= 11 is 0. The zero-order valence-electron chi connectivity index (χ0n) is 48.6. The summed E-state index contributed by atoms with van der Waals surface area (Å²) in [7, 11) is 1.24. The van der Waals surface area contributed by atoms with Crippen LogP contribution in [0.5, 0.6) is 0 Å². The summed E-state index contributed by atoms with van der Waals surface area (Å²) in [6.45, 7) is 4.56. The number of nitrogens with one attached hydrogen (secondary N) is 1. The van der Waals surface area contributed by atoms with Crippen molar-refractivity contribution in [3.8, 4) is 0 Å². The lowest BCUT2D eigenvalue weighted by Crippen LogP contribution is -2.45. The fraction of sp³-hybridized carbons (Fsp3) is 0.797. The molecule has 0 aliphatic rings. The summed E-state index contributed by atoms with van der Waals surface area (Å²) in [5.74, 6) is -0.211. The van der Waals surface area contributed by atoms with Crippen molar-refractivity contribution in [2.45, 2.75) is 289 Å². The first kappa shape index (κ1) is 70.9. The van der Waals surface area contributed by atoms with E-state index in [2.05, 4.69) is 79.9 Å². The molecule has 3 unspecified atom stereocenters. The topological polar surface area (TPSA) is 108 Å². The van der Waals surface area contributed by atoms with Gasteiger partial charge in [-0.25, -0.2) is 0 Å². The second-order valence-corrected chi connectivity index (χ2v) is 23.4. The molecule has 0 fully saturated rings. The van der Waals surface area contributed by atoms with E-state index in [-0.39, 0.29) is 12.5 Å². The molecule has 0 bridgehead atoms. The van der Waals surface area contributed by atoms with Crippen LogP contribution < -0.4 is 10.2 Å². The Morgan fingerprint density at radius 1 is 0.479 bits per heavy atom. The molecule has 8 nitrogen and oxygen atoms in total. The summed E-state index contributed by atoms with van der Waals surface area (Å²) in [4.78, 5) is 25.4. The second kappa shape index (κ2) is 54.7. The van der Waals surface area contributed by atoms with Crippen molar-refractivity contribution < 1.29 is 32.9 Å². The molecule has 1 amide bonds. The molecular formula is C64H119N2O6P. The molecule has 0 saturated carbocycles. The van der Waals surface area contributed by atoms with Gasteiger partial charge in [0.15, 0.2) is 0 Å². The van der Waals surface area contributed by atoms with Gasteiger partial charge in [0.25, 0.3) is 7.82 Å². The number of unbranched alkanes of at least 4 members (excludes halogenated alkanes) is 33. The SMILES string of the molecule is CCCC/C=C/CC/C=C/CC/C=C/C(O)C(COP(=O)([O-])OCC[N+](C)(C)C)NC(=O)CCCCCCCCCCCCCCCCCCCCCCCCCC/C=C\C/C=C\C/C=C\CCCCCCC. The van der Waals surface area contributed by atoms with Gasteiger partial charge >= 0.3 is 0 Å². The van der Waals surface area contributed by atoms with Crippen LogP contribution >= 0.6 is 7.82 Å². The van der Waals surface area contributed by atoms with E-state index in [1.807, 2.05) is 27.2 Å². The molecule has 3 atom stereocenters. The van der Waals surface area contributed by atoms with E-state index in [1.54, 1.807) is 6.08 Å². The second-order valence-electron chi connectivity index (χ2n) is 22.0. The average molecular weight is 1040 g/mol. The van der Waals surface area contributed by atoms with E-state index in [4.69, 9.17) is 9.05 Å². The Kier molecular flexibility index (Phi) is 53.2. The van der Waals surface area contributed by atoms with E-state index >= 15 is 0 Å². The van der Waals surface area contributed by atoms with Gasteiger partial charge in [0.2, 0.25) is 5.91 Å². The maximum absolute atomic E-state index is 12.9. The lowest BCUT2D eigenvalue weighted by atomic mass is 10.0. The lowest BCUT2D eigenvalue weighted by molar-refractivity contribution is -0.870. The van der Waals surface area contributed by atoms with E-state index in [0.29, 0.717) is 17.4 Å². The molecule has 9 heteroatoms. The molecule has 0 aliphatic heterocycles. The van der Waals surface area contributed by atoms with Crippen molar-refractivity contribution in [2.75, 3.05) is 40.9 Å². The highest BCUT2D eigenvalue weighted by molar-refractivity contribution is 7.45. The highest BCUT2D eigenvalue weighted by atomic mass is 31.2. The first-order chi connectivity index (χ1) is 35.5. The van der Waals surface area contributed by atoms with Crippen LogP contribution in [0.3, 0.4) is 0 Å². The summed E-state index contributed by atoms with van der Waals surface area (Å²) in [5, 5.41) is 13.8. The van der Waals surface area contributed by atoms with Crippen LogP contribution in [0.15, 0.2) is 72.9 Å². The van der Waals surface area contributed by atoms with Crippen LogP contribution in [-0.4, -0.2) is 68.5 Å². The standard InChI is InChI=1S/C64H119N2O6P/c1-6-8-10-12-14-16-18-20-21-22-23-24-25-26-27-28-29-30-31-32-33-34-35-36-37-38-39-40-41-42-43-44-45-46-48-50-52-54-56-58-64(68)65-62(61-72-73(69,70)71-60-59-66(3,4)5)63(67)57-55-53-51-49-47-19-17-15-13-11-9-7-2/h13,15,18,20,22-23,25-26,47,49,55,57,62-63,67H,6-12,14,16-17,19,21,24,27-46,48,50-54,56,58-61H2,1-5H3,(H-,65,68,69,70)/b15-13+,20-18-,23-22-,26-25-,49-47+,57-55+. The van der Waals surface area contributed by atoms with Crippen molar-refractivity contribution in [1.29, 1.82) is 0 Å². The van der Waals surface area contributed by atoms with Gasteiger partial charge in [-0.15, -0.1) is 0 Å². The van der Waals surface area contributed by atoms with E-state index < -0.39 is 26.6 Å². The fourth-order valence-corrected chi connectivity index (χ4v) is 9.49. The Morgan fingerprint density at radius 3 is 1.25 bits per heavy atom. The van der Waals surface area contributed by atoms with Crippen molar-refractivity contribution in [3.05, 3.63) is 72.9 Å². The molecule has 426 valence electrons. The lowest BCUT2D eigenvalue weighted by Gasteiger charge is -2.29. The minimum Gasteiger partial charge on any atom is -0.756 e. The van der Waals surface area contributed by atoms with Gasteiger partial charge in [-0.1, -0.05) is 267 Å². The van der Waals surface area contributed by atoms with Gasteiger partial charge in [-0.05, 0) is 77.0 Å². The predicted octanol–water partition coefficient (Wildman–Crippen LogP) is 18.4. The third-order valence-corrected chi connectivity index (χ3v) is 14.6. The number of quaternary nitrogens is 1. The zero-order valence-corrected chi connectivity index (χ0v) is 49.5. The maximum Gasteiger partial charge on any atom is 0.268 e. The van der Waals surface area contributed by atoms with Gasteiger partial charge in [0, 0.05) is 6.42 Å². The molecule has 73 heavy (non-hydrogen) atoms. The first-order valence-corrected chi connectivity index (χ1v) is 32.3. The number of allylic oxidation sites excluding steroid dienone is 11. The number of carbonyl (C=O) groups is 1. The quantitative estimate of drug-likeness (QED) is 0.0272. The van der Waals surface area contributed by atoms with Crippen molar-refractivity contribution in [2.24, 2.45) is 0 Å². The third kappa shape index (κ3) is 57.5. The molecule has 0 aliphatic carbocycles. The summed E-state index contributed by atoms with van der Waals surface area (Å²) in [6.07, 6.45) is 76.0. The molecular weight excluding hydrogens is 924 g/mol. The summed E-state index contributed by atoms with van der Waals surface area (Å²) < 4.78 is 23.3. The third-order valence-electron chi connectivity index (χ3n) is 13.6. The van der Waals surface area contributed by atoms with Crippen LogP contribution in [0.4, 0.5) is 0 Å². The molecule has 0 spiro atoms. The summed E-state index contributed by atoms with van der Waals surface area (Å²) in [6, 6.07) is -0.909. The Hall–Kier alpha value is -2.06. The smallest absolute Gasteiger partial charge is 0.268 e. The van der Waals surface area contributed by atoms with Gasteiger partial charge in [-0.3, -0.25) is 9.36 Å². The average Bonchev–Trinajstić information content (AvgIpc) is 3.35. The van der Waals surface area contributed by atoms with Crippen LogP contribution in [0.2, 0.25) is 0 Å². The number of phosphoric acid groups is 1. The Bertz CT molecular complexity index is 1420. The molecule has 0 aromatic heterocycles. The molecule has 0 radical (unpaired) electrons. The number of phosphoric ester groups is 1. The van der Waals surface area contributed by atoms with Crippen LogP contribution in [0, 0.1) is 0 Å². The van der Waals surface area contributed by atoms with E-state index in [1.165, 1.54) is 193 Å². The molecule has 0 saturated heterocycles. The summed E-state index contributed by atoms with van der Waals surface area (Å²) in [5.41, 5.74) is 0.